The molecule has 5 heterocycles. The van der Waals surface area contributed by atoms with Crippen LogP contribution in [-0.2, 0) is 13.1 Å². The Morgan fingerprint density at radius 1 is 0.977 bits per heavy atom. The zero-order valence-electron chi connectivity index (χ0n) is 24.2. The van der Waals surface area contributed by atoms with E-state index >= 15 is 0 Å². The van der Waals surface area contributed by atoms with E-state index in [1.807, 2.05) is 22.8 Å². The molecule has 4 fully saturated rings. The van der Waals surface area contributed by atoms with Gasteiger partial charge in [0.2, 0.25) is 0 Å². The molecule has 4 atom stereocenters. The van der Waals surface area contributed by atoms with Crippen molar-refractivity contribution in [3.05, 3.63) is 83.0 Å². The summed E-state index contributed by atoms with van der Waals surface area (Å²) in [5, 5.41) is 9.23. The highest BCUT2D eigenvalue weighted by atomic mass is 16.2. The maximum Gasteiger partial charge on any atom is 0.255 e. The molecule has 3 unspecified atom stereocenters. The summed E-state index contributed by atoms with van der Waals surface area (Å²) in [6, 6.07) is 19.6. The molecule has 5 aromatic rings. The largest absolute Gasteiger partial charge is 0.348 e. The minimum atomic E-state index is 0.00807. The second-order valence-electron chi connectivity index (χ2n) is 13.7. The fourth-order valence-electron chi connectivity index (χ4n) is 8.68. The number of aromatic nitrogens is 3. The van der Waals surface area contributed by atoms with Gasteiger partial charge in [-0.3, -0.25) is 9.59 Å². The van der Waals surface area contributed by atoms with Crippen LogP contribution in [0.3, 0.4) is 0 Å². The Labute approximate surface area is 249 Å². The van der Waals surface area contributed by atoms with Crippen LogP contribution in [0.15, 0.2) is 60.8 Å². The van der Waals surface area contributed by atoms with Gasteiger partial charge in [-0.15, -0.1) is 0 Å². The summed E-state index contributed by atoms with van der Waals surface area (Å²) in [6.45, 7) is 4.64. The van der Waals surface area contributed by atoms with E-state index in [9.17, 15) is 9.59 Å². The van der Waals surface area contributed by atoms with E-state index in [4.69, 9.17) is 5.10 Å². The van der Waals surface area contributed by atoms with Gasteiger partial charge < -0.3 is 14.8 Å². The molecular weight excluding hydrogens is 534 g/mol. The monoisotopic (exact) mass is 567 g/mol. The lowest BCUT2D eigenvalue weighted by molar-refractivity contribution is -0.0204. The first-order chi connectivity index (χ1) is 21.0. The van der Waals surface area contributed by atoms with Crippen molar-refractivity contribution in [2.45, 2.75) is 51.7 Å². The number of aryl methyl sites for hydroxylation is 1. The topological polar surface area (TPSA) is 71.6 Å². The van der Waals surface area contributed by atoms with Gasteiger partial charge in [-0.1, -0.05) is 24.3 Å². The summed E-state index contributed by atoms with van der Waals surface area (Å²) in [6.07, 6.45) is 6.96. The molecule has 214 valence electrons. The third-order valence-electron chi connectivity index (χ3n) is 11.3. The van der Waals surface area contributed by atoms with Crippen LogP contribution in [0, 0.1) is 30.6 Å². The number of likely N-dealkylation sites (tertiary alicyclic amines) is 1. The average molecular weight is 568 g/mol. The molecule has 3 saturated carbocycles. The molecule has 3 aromatic heterocycles. The van der Waals surface area contributed by atoms with E-state index in [2.05, 4.69) is 64.2 Å². The van der Waals surface area contributed by atoms with Crippen molar-refractivity contribution in [3.63, 3.8) is 0 Å². The van der Waals surface area contributed by atoms with Crippen LogP contribution in [0.2, 0.25) is 0 Å². The molecule has 43 heavy (non-hydrogen) atoms. The van der Waals surface area contributed by atoms with Gasteiger partial charge in [0.25, 0.3) is 11.8 Å². The van der Waals surface area contributed by atoms with Crippen molar-refractivity contribution in [2.24, 2.45) is 23.7 Å². The highest BCUT2D eigenvalue weighted by Crippen LogP contribution is 2.60. The molecule has 10 rings (SSSR count). The van der Waals surface area contributed by atoms with Gasteiger partial charge in [-0.2, -0.15) is 5.10 Å². The molecular formula is C36H33N5O2. The van der Waals surface area contributed by atoms with E-state index in [0.717, 1.165) is 81.1 Å². The van der Waals surface area contributed by atoms with Crippen LogP contribution >= 0.6 is 0 Å². The van der Waals surface area contributed by atoms with Crippen LogP contribution < -0.4 is 5.32 Å². The van der Waals surface area contributed by atoms with E-state index < -0.39 is 0 Å². The highest BCUT2D eigenvalue weighted by molar-refractivity contribution is 6.00. The normalized spacial score (nSPS) is 25.0. The zero-order valence-corrected chi connectivity index (χ0v) is 24.2. The second kappa shape index (κ2) is 8.37. The van der Waals surface area contributed by atoms with E-state index in [-0.39, 0.29) is 11.8 Å². The summed E-state index contributed by atoms with van der Waals surface area (Å²) in [5.74, 6) is 3.22. The summed E-state index contributed by atoms with van der Waals surface area (Å²) in [4.78, 5) is 28.1. The lowest BCUT2D eigenvalue weighted by atomic mass is 9.53. The van der Waals surface area contributed by atoms with Crippen LogP contribution in [-0.4, -0.2) is 43.5 Å². The summed E-state index contributed by atoms with van der Waals surface area (Å²) in [5.41, 5.74) is 10.2. The molecule has 2 aromatic carbocycles. The number of rotatable bonds is 5. The van der Waals surface area contributed by atoms with Gasteiger partial charge in [0.15, 0.2) is 0 Å². The lowest BCUT2D eigenvalue weighted by Gasteiger charge is -2.52. The van der Waals surface area contributed by atoms with Gasteiger partial charge >= 0.3 is 0 Å². The van der Waals surface area contributed by atoms with Crippen LogP contribution in [0.5, 0.6) is 0 Å². The summed E-state index contributed by atoms with van der Waals surface area (Å²) in [7, 11) is 0. The van der Waals surface area contributed by atoms with Crippen molar-refractivity contribution < 1.29 is 9.59 Å². The summed E-state index contributed by atoms with van der Waals surface area (Å²) < 4.78 is 4.37. The number of carbonyl (C=O) groups excluding carboxylic acids is 2. The van der Waals surface area contributed by atoms with Crippen LogP contribution in [0.1, 0.15) is 57.5 Å². The van der Waals surface area contributed by atoms with Crippen molar-refractivity contribution in [2.75, 3.05) is 6.54 Å². The molecule has 7 heteroatoms. The Morgan fingerprint density at radius 3 is 2.67 bits per heavy atom. The maximum atomic E-state index is 13.6. The van der Waals surface area contributed by atoms with Gasteiger partial charge in [-0.05, 0) is 103 Å². The zero-order chi connectivity index (χ0) is 28.6. The number of nitrogens with one attached hydrogen (secondary N) is 1. The molecule has 2 amide bonds. The Morgan fingerprint density at radius 2 is 1.84 bits per heavy atom. The predicted molar refractivity (Wildman–Crippen MR) is 165 cm³/mol. The first-order valence-electron chi connectivity index (χ1n) is 15.9. The molecule has 0 radical (unpaired) electrons. The molecule has 2 aliphatic heterocycles. The standard InChI is InChI=1S/C36H33N5O2/c1-19-29-9-8-25(36(43)40-17-27-10-26-14-31(40)33(26)27)18-41(29)38-34(19)32-13-23-6-4-22(12-30(23)39(32)16-20-2-3-20)21-5-7-24-15-37-35(42)28(24)11-21/h4-9,11-13,18,20,26-27,31,33H,2-3,10,14-17H2,1H3,(H,37,42)/t26?,27?,31?,33-/m1/s1. The molecule has 0 bridgehead atoms. The van der Waals surface area contributed by atoms with E-state index in [0.29, 0.717) is 18.5 Å². The fraction of sp³-hybridized carbons (Fsp3) is 0.361. The minimum Gasteiger partial charge on any atom is -0.348 e. The fourth-order valence-corrected chi connectivity index (χ4v) is 8.68. The number of carbonyl (C=O) groups is 2. The number of hydrogen-bond acceptors (Lipinski definition) is 3. The first-order valence-corrected chi connectivity index (χ1v) is 15.9. The Hall–Kier alpha value is -4.39. The van der Waals surface area contributed by atoms with Crippen molar-refractivity contribution in [1.29, 1.82) is 0 Å². The average Bonchev–Trinajstić information content (AvgIpc) is 3.54. The van der Waals surface area contributed by atoms with Gasteiger partial charge in [0.1, 0.15) is 5.69 Å². The molecule has 1 saturated heterocycles. The van der Waals surface area contributed by atoms with Crippen molar-refractivity contribution >= 4 is 28.2 Å². The maximum absolute atomic E-state index is 13.6. The number of hydrogen-bond donors (Lipinski definition) is 1. The van der Waals surface area contributed by atoms with Crippen LogP contribution in [0.25, 0.3) is 38.9 Å². The lowest BCUT2D eigenvalue weighted by Crippen LogP contribution is -2.53. The molecule has 3 aliphatic carbocycles. The highest BCUT2D eigenvalue weighted by Gasteiger charge is 2.61. The Balaban J connectivity index is 1.05. The quantitative estimate of drug-likeness (QED) is 0.281. The third-order valence-corrected chi connectivity index (χ3v) is 11.3. The molecule has 1 N–H and O–H groups in total. The third kappa shape index (κ3) is 3.39. The first kappa shape index (κ1) is 24.1. The molecule has 5 aliphatic rings. The number of pyridine rings is 1. The molecule has 7 nitrogen and oxygen atoms in total. The van der Waals surface area contributed by atoms with Gasteiger partial charge in [-0.25, -0.2) is 4.52 Å². The number of benzene rings is 2. The SMILES string of the molecule is Cc1c(-c2cc3ccc(-c4ccc5c(c4)C(=O)NC5)cc3n2CC2CC2)nn2cc(C(=O)N3CC4CC5CC3[C@H]54)ccc12. The van der Waals surface area contributed by atoms with Gasteiger partial charge in [0, 0.05) is 53.9 Å². The smallest absolute Gasteiger partial charge is 0.255 e. The molecule has 0 spiro atoms. The second-order valence-corrected chi connectivity index (χ2v) is 13.7. The Kier molecular flexibility index (Phi) is 4.69. The number of fused-ring (bicyclic) bond motifs is 3. The van der Waals surface area contributed by atoms with Gasteiger partial charge in [0.05, 0.1) is 16.8 Å². The van der Waals surface area contributed by atoms with Crippen LogP contribution in [0.4, 0.5) is 0 Å². The van der Waals surface area contributed by atoms with E-state index in [1.165, 1.54) is 36.6 Å². The number of nitrogens with zero attached hydrogens (tertiary/aromatic N) is 4. The summed E-state index contributed by atoms with van der Waals surface area (Å²) >= 11 is 0. The number of amides is 2. The van der Waals surface area contributed by atoms with E-state index in [1.54, 1.807) is 0 Å². The van der Waals surface area contributed by atoms with Crippen molar-refractivity contribution in [1.82, 2.24) is 24.4 Å². The Bertz CT molecular complexity index is 2050. The minimum absolute atomic E-state index is 0.00807. The van der Waals surface area contributed by atoms with Crippen molar-refractivity contribution in [3.8, 4) is 22.5 Å². The predicted octanol–water partition coefficient (Wildman–Crippen LogP) is 6.07.